The van der Waals surface area contributed by atoms with Crippen molar-refractivity contribution in [3.8, 4) is 0 Å². The van der Waals surface area contributed by atoms with Crippen molar-refractivity contribution in [3.63, 3.8) is 0 Å². The average Bonchev–Trinajstić information content (AvgIpc) is 3.51. The van der Waals surface area contributed by atoms with Crippen LogP contribution in [0.2, 0.25) is 0 Å². The van der Waals surface area contributed by atoms with Gasteiger partial charge in [-0.1, -0.05) is 6.07 Å². The molecule has 1 saturated carbocycles. The van der Waals surface area contributed by atoms with Gasteiger partial charge in [-0.15, -0.1) is 0 Å². The van der Waals surface area contributed by atoms with Gasteiger partial charge in [0.1, 0.15) is 0 Å². The number of carbonyl (C=O) groups excluding carboxylic acids is 1. The Hall–Kier alpha value is -1.64. The fourth-order valence-corrected chi connectivity index (χ4v) is 5.56. The number of rotatable bonds is 5. The molecule has 3 aliphatic rings. The molecule has 1 aromatic carbocycles. The predicted molar refractivity (Wildman–Crippen MR) is 109 cm³/mol. The molecule has 7 nitrogen and oxygen atoms in total. The molecule has 2 fully saturated rings. The largest absolute Gasteiger partial charge is 0.368 e. The minimum absolute atomic E-state index is 0.137. The summed E-state index contributed by atoms with van der Waals surface area (Å²) < 4.78 is 28.9. The Morgan fingerprint density at radius 1 is 1.11 bits per heavy atom. The number of amides is 1. The summed E-state index contributed by atoms with van der Waals surface area (Å²) in [5.41, 5.74) is 3.51. The molecule has 1 saturated heterocycles. The standard InChI is InChI=1S/C20H30N4O3S/c1-16(25)22-9-11-23(12-10-22)20-6-5-19-15-24(8-7-18(19)13-20)28(26,27)21(2)14-17-3-4-17/h5-6,13,17H,3-4,7-12,14-15H2,1-2H3. The highest BCUT2D eigenvalue weighted by atomic mass is 32.2. The molecular formula is C20H30N4O3S. The maximum absolute atomic E-state index is 12.9. The van der Waals surface area contributed by atoms with Crippen molar-refractivity contribution in [2.45, 2.75) is 32.7 Å². The molecule has 1 aromatic rings. The fraction of sp³-hybridized carbons (Fsp3) is 0.650. The number of anilines is 1. The fourth-order valence-electron chi connectivity index (χ4n) is 4.14. The molecule has 0 atom stereocenters. The zero-order valence-electron chi connectivity index (χ0n) is 16.8. The lowest BCUT2D eigenvalue weighted by Gasteiger charge is -2.36. The Labute approximate surface area is 168 Å². The van der Waals surface area contributed by atoms with Crippen molar-refractivity contribution < 1.29 is 13.2 Å². The number of piperazine rings is 1. The van der Waals surface area contributed by atoms with Gasteiger partial charge in [-0.2, -0.15) is 17.0 Å². The topological polar surface area (TPSA) is 64.2 Å². The second kappa shape index (κ2) is 7.65. The number of hydrogen-bond acceptors (Lipinski definition) is 4. The molecule has 1 aliphatic carbocycles. The summed E-state index contributed by atoms with van der Waals surface area (Å²) in [6.45, 7) is 6.43. The first-order chi connectivity index (χ1) is 13.3. The van der Waals surface area contributed by atoms with E-state index in [1.165, 1.54) is 15.6 Å². The lowest BCUT2D eigenvalue weighted by molar-refractivity contribution is -0.129. The Morgan fingerprint density at radius 2 is 1.82 bits per heavy atom. The zero-order valence-corrected chi connectivity index (χ0v) is 17.6. The quantitative estimate of drug-likeness (QED) is 0.739. The highest BCUT2D eigenvalue weighted by molar-refractivity contribution is 7.86. The van der Waals surface area contributed by atoms with Gasteiger partial charge in [-0.05, 0) is 48.4 Å². The van der Waals surface area contributed by atoms with Gasteiger partial charge in [0.2, 0.25) is 5.91 Å². The number of benzene rings is 1. The first kappa shape index (κ1) is 19.7. The van der Waals surface area contributed by atoms with E-state index < -0.39 is 10.2 Å². The molecule has 2 heterocycles. The summed E-state index contributed by atoms with van der Waals surface area (Å²) in [5.74, 6) is 0.681. The number of fused-ring (bicyclic) bond motifs is 1. The normalized spacial score (nSPS) is 21.1. The molecule has 2 aliphatic heterocycles. The van der Waals surface area contributed by atoms with Gasteiger partial charge in [0.25, 0.3) is 10.2 Å². The molecule has 0 bridgehead atoms. The summed E-state index contributed by atoms with van der Waals surface area (Å²) >= 11 is 0. The first-order valence-corrected chi connectivity index (χ1v) is 11.6. The monoisotopic (exact) mass is 406 g/mol. The molecule has 28 heavy (non-hydrogen) atoms. The van der Waals surface area contributed by atoms with Crippen molar-refractivity contribution in [1.82, 2.24) is 13.5 Å². The van der Waals surface area contributed by atoms with Crippen LogP contribution in [0, 0.1) is 5.92 Å². The van der Waals surface area contributed by atoms with Gasteiger partial charge in [-0.25, -0.2) is 0 Å². The lowest BCUT2D eigenvalue weighted by atomic mass is 10.00. The van der Waals surface area contributed by atoms with Gasteiger partial charge in [0.05, 0.1) is 0 Å². The van der Waals surface area contributed by atoms with Crippen LogP contribution in [0.3, 0.4) is 0 Å². The molecule has 0 aromatic heterocycles. The highest BCUT2D eigenvalue weighted by Gasteiger charge is 2.34. The number of nitrogens with zero attached hydrogens (tertiary/aromatic N) is 4. The summed E-state index contributed by atoms with van der Waals surface area (Å²) in [7, 11) is -1.68. The van der Waals surface area contributed by atoms with Crippen LogP contribution >= 0.6 is 0 Å². The Kier molecular flexibility index (Phi) is 5.37. The smallest absolute Gasteiger partial charge is 0.282 e. The van der Waals surface area contributed by atoms with Gasteiger partial charge < -0.3 is 9.80 Å². The highest BCUT2D eigenvalue weighted by Crippen LogP contribution is 2.32. The molecule has 8 heteroatoms. The van der Waals surface area contributed by atoms with E-state index in [1.807, 2.05) is 4.90 Å². The van der Waals surface area contributed by atoms with Crippen molar-refractivity contribution in [2.24, 2.45) is 5.92 Å². The SMILES string of the molecule is CC(=O)N1CCN(c2ccc3c(c2)CCN(S(=O)(=O)N(C)CC2CC2)C3)CC1. The van der Waals surface area contributed by atoms with E-state index in [2.05, 4.69) is 23.1 Å². The maximum atomic E-state index is 12.9. The van der Waals surface area contributed by atoms with Crippen molar-refractivity contribution in [1.29, 1.82) is 0 Å². The van der Waals surface area contributed by atoms with Crippen molar-refractivity contribution in [3.05, 3.63) is 29.3 Å². The molecular weight excluding hydrogens is 376 g/mol. The summed E-state index contributed by atoms with van der Waals surface area (Å²) in [6, 6.07) is 6.37. The first-order valence-electron chi connectivity index (χ1n) is 10.2. The van der Waals surface area contributed by atoms with E-state index in [4.69, 9.17) is 0 Å². The van der Waals surface area contributed by atoms with E-state index >= 15 is 0 Å². The number of hydrogen-bond donors (Lipinski definition) is 0. The van der Waals surface area contributed by atoms with Gasteiger partial charge in [0.15, 0.2) is 0 Å². The molecule has 154 valence electrons. The average molecular weight is 407 g/mol. The number of carbonyl (C=O) groups is 1. The Balaban J connectivity index is 1.42. The van der Waals surface area contributed by atoms with Crippen LogP contribution in [0.4, 0.5) is 5.69 Å². The third-order valence-electron chi connectivity index (χ3n) is 6.19. The molecule has 0 spiro atoms. The van der Waals surface area contributed by atoms with Crippen LogP contribution in [0.15, 0.2) is 18.2 Å². The van der Waals surface area contributed by atoms with Gasteiger partial charge >= 0.3 is 0 Å². The summed E-state index contributed by atoms with van der Waals surface area (Å²) in [4.78, 5) is 15.7. The lowest BCUT2D eigenvalue weighted by Crippen LogP contribution is -2.48. The van der Waals surface area contributed by atoms with Crippen molar-refractivity contribution >= 4 is 21.8 Å². The van der Waals surface area contributed by atoms with Crippen LogP contribution in [-0.2, 0) is 28.0 Å². The molecule has 4 rings (SSSR count). The van der Waals surface area contributed by atoms with Crippen molar-refractivity contribution in [2.75, 3.05) is 51.2 Å². The van der Waals surface area contributed by atoms with E-state index in [-0.39, 0.29) is 5.91 Å². The van der Waals surface area contributed by atoms with Crippen LogP contribution in [0.25, 0.3) is 0 Å². The predicted octanol–water partition coefficient (Wildman–Crippen LogP) is 1.30. The van der Waals surface area contributed by atoms with Crippen LogP contribution in [-0.4, -0.2) is 74.2 Å². The van der Waals surface area contributed by atoms with Crippen LogP contribution < -0.4 is 4.90 Å². The van der Waals surface area contributed by atoms with Gasteiger partial charge in [-0.3, -0.25) is 4.79 Å². The molecule has 0 N–H and O–H groups in total. The maximum Gasteiger partial charge on any atom is 0.282 e. The van der Waals surface area contributed by atoms with E-state index in [9.17, 15) is 13.2 Å². The van der Waals surface area contributed by atoms with Crippen LogP contribution in [0.5, 0.6) is 0 Å². The van der Waals surface area contributed by atoms with E-state index in [1.54, 1.807) is 18.3 Å². The zero-order chi connectivity index (χ0) is 19.9. The Bertz CT molecular complexity index is 845. The van der Waals surface area contributed by atoms with E-state index in [0.717, 1.165) is 51.0 Å². The third kappa shape index (κ3) is 4.04. The minimum atomic E-state index is -3.39. The molecule has 0 unspecified atom stereocenters. The molecule has 1 amide bonds. The minimum Gasteiger partial charge on any atom is -0.368 e. The van der Waals surface area contributed by atoms with Gasteiger partial charge in [0, 0.05) is 65.5 Å². The Morgan fingerprint density at radius 3 is 2.46 bits per heavy atom. The molecule has 0 radical (unpaired) electrons. The second-order valence-electron chi connectivity index (χ2n) is 8.26. The second-order valence-corrected chi connectivity index (χ2v) is 10.3. The van der Waals surface area contributed by atoms with Crippen LogP contribution in [0.1, 0.15) is 30.9 Å². The third-order valence-corrected chi connectivity index (χ3v) is 8.09. The van der Waals surface area contributed by atoms with E-state index in [0.29, 0.717) is 25.6 Å². The summed E-state index contributed by atoms with van der Waals surface area (Å²) in [5, 5.41) is 0. The summed E-state index contributed by atoms with van der Waals surface area (Å²) in [6.07, 6.45) is 3.03.